The third-order valence-corrected chi connectivity index (χ3v) is 5.83. The molecule has 0 radical (unpaired) electrons. The van der Waals surface area contributed by atoms with Crippen LogP contribution in [0.25, 0.3) is 0 Å². The van der Waals surface area contributed by atoms with Gasteiger partial charge >= 0.3 is 5.97 Å². The number of carbonyl (C=O) groups is 2. The van der Waals surface area contributed by atoms with Crippen molar-refractivity contribution in [1.29, 1.82) is 0 Å². The summed E-state index contributed by atoms with van der Waals surface area (Å²) in [7, 11) is -3.77. The lowest BCUT2D eigenvalue weighted by molar-refractivity contribution is -0.143. The minimum Gasteiger partial charge on any atom is -0.468 e. The van der Waals surface area contributed by atoms with Crippen molar-refractivity contribution in [3.63, 3.8) is 0 Å². The van der Waals surface area contributed by atoms with Gasteiger partial charge in [0.25, 0.3) is 5.91 Å². The normalized spacial score (nSPS) is 12.8. The molecule has 1 atom stereocenters. The Morgan fingerprint density at radius 2 is 1.63 bits per heavy atom. The van der Waals surface area contributed by atoms with Crippen LogP contribution in [-0.4, -0.2) is 43.4 Å². The molecule has 30 heavy (non-hydrogen) atoms. The van der Waals surface area contributed by atoms with Crippen molar-refractivity contribution in [2.24, 2.45) is 0 Å². The second kappa shape index (κ2) is 9.90. The van der Waals surface area contributed by atoms with Crippen LogP contribution in [0.3, 0.4) is 0 Å². The molecule has 0 saturated carbocycles. The van der Waals surface area contributed by atoms with Gasteiger partial charge in [-0.3, -0.25) is 4.79 Å². The number of carbonyl (C=O) groups excluding carboxylic acids is 2. The Hall–Kier alpha value is -2.65. The molecule has 1 heterocycles. The van der Waals surface area contributed by atoms with Crippen LogP contribution < -0.4 is 4.72 Å². The summed E-state index contributed by atoms with van der Waals surface area (Å²) in [4.78, 5) is 26.6. The fourth-order valence-corrected chi connectivity index (χ4v) is 4.02. The molecule has 0 fully saturated rings. The predicted octanol–water partition coefficient (Wildman–Crippen LogP) is 2.95. The van der Waals surface area contributed by atoms with E-state index in [1.165, 1.54) is 37.5 Å². The fraction of sp³-hybridized carbons (Fsp3) is 0.429. The summed E-state index contributed by atoms with van der Waals surface area (Å²) < 4.78 is 37.5. The highest BCUT2D eigenvalue weighted by atomic mass is 32.2. The molecule has 1 N–H and O–H groups in total. The molecule has 1 aromatic heterocycles. The van der Waals surface area contributed by atoms with E-state index in [1.807, 2.05) is 27.7 Å². The maximum absolute atomic E-state index is 12.6. The zero-order valence-electron chi connectivity index (χ0n) is 17.8. The summed E-state index contributed by atoms with van der Waals surface area (Å²) in [5.74, 6) is -0.500. The van der Waals surface area contributed by atoms with E-state index < -0.39 is 22.1 Å². The van der Waals surface area contributed by atoms with E-state index in [2.05, 4.69) is 4.72 Å². The van der Waals surface area contributed by atoms with Crippen LogP contribution in [-0.2, 0) is 26.1 Å². The van der Waals surface area contributed by atoms with E-state index in [9.17, 15) is 18.0 Å². The lowest BCUT2D eigenvalue weighted by Crippen LogP contribution is -2.47. The number of sulfonamides is 1. The van der Waals surface area contributed by atoms with Crippen molar-refractivity contribution in [2.75, 3.05) is 0 Å². The molecule has 0 aliphatic rings. The van der Waals surface area contributed by atoms with Gasteiger partial charge in [0.2, 0.25) is 10.0 Å². The van der Waals surface area contributed by atoms with Crippen LogP contribution in [0, 0.1) is 0 Å². The molecule has 164 valence electrons. The second-order valence-electron chi connectivity index (χ2n) is 7.41. The summed E-state index contributed by atoms with van der Waals surface area (Å²) in [5, 5.41) is 0. The Labute approximate surface area is 177 Å². The lowest BCUT2D eigenvalue weighted by atomic mass is 10.2. The van der Waals surface area contributed by atoms with Crippen molar-refractivity contribution < 1.29 is 27.2 Å². The van der Waals surface area contributed by atoms with Crippen LogP contribution in [0.15, 0.2) is 52.0 Å². The number of amides is 1. The number of nitrogens with zero attached hydrogens (tertiary/aromatic N) is 1. The van der Waals surface area contributed by atoms with Crippen molar-refractivity contribution >= 4 is 21.9 Å². The molecule has 0 aliphatic carbocycles. The van der Waals surface area contributed by atoms with Gasteiger partial charge in [-0.25, -0.2) is 17.9 Å². The molecule has 1 unspecified atom stereocenters. The summed E-state index contributed by atoms with van der Waals surface area (Å²) in [6, 6.07) is 8.58. The van der Waals surface area contributed by atoms with Gasteiger partial charge in [-0.15, -0.1) is 0 Å². The van der Waals surface area contributed by atoms with Crippen molar-refractivity contribution in [1.82, 2.24) is 9.62 Å². The maximum atomic E-state index is 12.6. The van der Waals surface area contributed by atoms with Crippen LogP contribution >= 0.6 is 0 Å². The third kappa shape index (κ3) is 5.93. The lowest BCUT2D eigenvalue weighted by Gasteiger charge is -2.32. The van der Waals surface area contributed by atoms with E-state index in [0.29, 0.717) is 5.76 Å². The molecule has 1 amide bonds. The Morgan fingerprint density at radius 1 is 1.03 bits per heavy atom. The van der Waals surface area contributed by atoms with E-state index in [0.717, 1.165) is 0 Å². The van der Waals surface area contributed by atoms with Crippen LogP contribution in [0.1, 0.15) is 50.7 Å². The summed E-state index contributed by atoms with van der Waals surface area (Å²) >= 11 is 0. The number of rotatable bonds is 9. The molecule has 0 bridgehead atoms. The highest BCUT2D eigenvalue weighted by molar-refractivity contribution is 7.89. The molecular formula is C21H28N2O6S. The Kier molecular flexibility index (Phi) is 7.80. The predicted molar refractivity (Wildman–Crippen MR) is 111 cm³/mol. The molecule has 8 nitrogen and oxygen atoms in total. The quantitative estimate of drug-likeness (QED) is 0.606. The number of esters is 1. The van der Waals surface area contributed by atoms with Crippen LogP contribution in [0.4, 0.5) is 0 Å². The number of ether oxygens (including phenoxy) is 1. The minimum absolute atomic E-state index is 0.000483. The van der Waals surface area contributed by atoms with Crippen LogP contribution in [0.2, 0.25) is 0 Å². The Balaban J connectivity index is 2.03. The first kappa shape index (κ1) is 23.6. The van der Waals surface area contributed by atoms with E-state index in [4.69, 9.17) is 9.15 Å². The van der Waals surface area contributed by atoms with Gasteiger partial charge in [0.05, 0.1) is 23.3 Å². The SMILES string of the molecule is CC(OC(=O)c1ccc(S(=O)(=O)NCc2ccco2)cc1)C(=O)N(C(C)C)C(C)C. The third-order valence-electron chi connectivity index (χ3n) is 4.42. The molecule has 2 aromatic rings. The number of furan rings is 1. The van der Waals surface area contributed by atoms with Crippen molar-refractivity contribution in [3.8, 4) is 0 Å². The minimum atomic E-state index is -3.77. The van der Waals surface area contributed by atoms with Gasteiger partial charge in [0.1, 0.15) is 5.76 Å². The zero-order valence-corrected chi connectivity index (χ0v) is 18.6. The molecule has 0 saturated heterocycles. The average Bonchev–Trinajstić information content (AvgIpc) is 3.19. The highest BCUT2D eigenvalue weighted by Crippen LogP contribution is 2.15. The van der Waals surface area contributed by atoms with E-state index in [-0.39, 0.29) is 35.0 Å². The number of nitrogens with one attached hydrogen (secondary N) is 1. The number of hydrogen-bond donors (Lipinski definition) is 1. The fourth-order valence-electron chi connectivity index (χ4n) is 3.03. The first-order chi connectivity index (χ1) is 14.0. The number of hydrogen-bond acceptors (Lipinski definition) is 6. The van der Waals surface area contributed by atoms with Crippen LogP contribution in [0.5, 0.6) is 0 Å². The molecule has 2 rings (SSSR count). The molecule has 9 heteroatoms. The standard InChI is InChI=1S/C21H28N2O6S/c1-14(2)23(15(3)4)20(24)16(5)29-21(25)17-8-10-19(11-9-17)30(26,27)22-13-18-7-6-12-28-18/h6-12,14-16,22H,13H2,1-5H3. The molecule has 0 aliphatic heterocycles. The summed E-state index contributed by atoms with van der Waals surface area (Å²) in [6.45, 7) is 9.12. The zero-order chi connectivity index (χ0) is 22.5. The smallest absolute Gasteiger partial charge is 0.338 e. The van der Waals surface area contributed by atoms with Gasteiger partial charge in [-0.05, 0) is 71.0 Å². The Bertz CT molecular complexity index is 942. The molecule has 0 spiro atoms. The van der Waals surface area contributed by atoms with Gasteiger partial charge in [0, 0.05) is 12.1 Å². The topological polar surface area (TPSA) is 106 Å². The van der Waals surface area contributed by atoms with Gasteiger partial charge in [-0.2, -0.15) is 0 Å². The number of benzene rings is 1. The first-order valence-corrected chi connectivity index (χ1v) is 11.2. The Morgan fingerprint density at radius 3 is 2.13 bits per heavy atom. The second-order valence-corrected chi connectivity index (χ2v) is 9.18. The highest BCUT2D eigenvalue weighted by Gasteiger charge is 2.28. The summed E-state index contributed by atoms with van der Waals surface area (Å²) in [6.07, 6.45) is 0.498. The monoisotopic (exact) mass is 436 g/mol. The maximum Gasteiger partial charge on any atom is 0.338 e. The average molecular weight is 437 g/mol. The van der Waals surface area contributed by atoms with Gasteiger partial charge in [0.15, 0.2) is 6.10 Å². The molecular weight excluding hydrogens is 408 g/mol. The van der Waals surface area contributed by atoms with Gasteiger partial charge in [-0.1, -0.05) is 0 Å². The van der Waals surface area contributed by atoms with Gasteiger partial charge < -0.3 is 14.1 Å². The van der Waals surface area contributed by atoms with E-state index >= 15 is 0 Å². The largest absolute Gasteiger partial charge is 0.468 e. The molecule has 1 aromatic carbocycles. The van der Waals surface area contributed by atoms with E-state index in [1.54, 1.807) is 17.0 Å². The summed E-state index contributed by atoms with van der Waals surface area (Å²) in [5.41, 5.74) is 0.153. The van der Waals surface area contributed by atoms with Crippen molar-refractivity contribution in [2.45, 2.75) is 64.2 Å². The first-order valence-electron chi connectivity index (χ1n) is 9.68. The van der Waals surface area contributed by atoms with Crippen molar-refractivity contribution in [3.05, 3.63) is 54.0 Å².